The third-order valence-electron chi connectivity index (χ3n) is 4.55. The summed E-state index contributed by atoms with van der Waals surface area (Å²) < 4.78 is 5.41. The minimum Gasteiger partial charge on any atom is -0.497 e. The quantitative estimate of drug-likeness (QED) is 0.750. The zero-order valence-corrected chi connectivity index (χ0v) is 15.5. The first-order valence-electron chi connectivity index (χ1n) is 8.00. The van der Waals surface area contributed by atoms with E-state index < -0.39 is 0 Å². The topological polar surface area (TPSA) is 34.5 Å². The number of aliphatic imine (C=N–C) groups is 1. The Kier molecular flexibility index (Phi) is 5.12. The highest BCUT2D eigenvalue weighted by atomic mass is 35.5. The maximum Gasteiger partial charge on any atom is 0.119 e. The van der Waals surface area contributed by atoms with Crippen molar-refractivity contribution in [2.45, 2.75) is 26.2 Å². The van der Waals surface area contributed by atoms with Crippen molar-refractivity contribution in [2.75, 3.05) is 13.7 Å². The summed E-state index contributed by atoms with van der Waals surface area (Å²) in [7, 11) is 1.69. The van der Waals surface area contributed by atoms with E-state index in [4.69, 9.17) is 32.9 Å². The summed E-state index contributed by atoms with van der Waals surface area (Å²) in [4.78, 5) is 8.86. The minimum absolute atomic E-state index is 0.391. The molecule has 0 amide bonds. The van der Waals surface area contributed by atoms with Crippen LogP contribution in [0.1, 0.15) is 36.5 Å². The number of rotatable bonds is 4. The number of hydrogen-bond donors (Lipinski definition) is 0. The van der Waals surface area contributed by atoms with Crippen LogP contribution >= 0.6 is 23.2 Å². The summed E-state index contributed by atoms with van der Waals surface area (Å²) in [5.74, 6) is 1.78. The Bertz CT molecular complexity index is 767. The van der Waals surface area contributed by atoms with Gasteiger partial charge in [-0.3, -0.25) is 9.98 Å². The summed E-state index contributed by atoms with van der Waals surface area (Å²) >= 11 is 12.6. The second-order valence-electron chi connectivity index (χ2n) is 6.35. The molecule has 1 unspecified atom stereocenters. The van der Waals surface area contributed by atoms with Crippen LogP contribution in [0.4, 0.5) is 0 Å². The smallest absolute Gasteiger partial charge is 0.119 e. The first kappa shape index (κ1) is 17.2. The lowest BCUT2D eigenvalue weighted by Gasteiger charge is -2.28. The van der Waals surface area contributed by atoms with Crippen LogP contribution in [-0.4, -0.2) is 24.4 Å². The molecule has 5 heteroatoms. The Hall–Kier alpha value is -1.58. The number of methoxy groups -OCH3 is 1. The van der Waals surface area contributed by atoms with Gasteiger partial charge in [-0.25, -0.2) is 0 Å². The number of fused-ring (bicyclic) bond motifs is 1. The number of pyridine rings is 1. The number of aromatic nitrogens is 1. The molecule has 1 aliphatic rings. The van der Waals surface area contributed by atoms with Crippen molar-refractivity contribution >= 4 is 28.9 Å². The Morgan fingerprint density at radius 2 is 1.92 bits per heavy atom. The van der Waals surface area contributed by atoms with Gasteiger partial charge in [0.25, 0.3) is 0 Å². The number of benzene rings is 1. The lowest BCUT2D eigenvalue weighted by atomic mass is 9.81. The summed E-state index contributed by atoms with van der Waals surface area (Å²) in [5, 5.41) is 1.15. The van der Waals surface area contributed by atoms with Crippen LogP contribution in [0.25, 0.3) is 0 Å². The molecule has 1 aliphatic heterocycles. The monoisotopic (exact) mass is 362 g/mol. The van der Waals surface area contributed by atoms with E-state index in [-0.39, 0.29) is 0 Å². The van der Waals surface area contributed by atoms with Crippen molar-refractivity contribution in [1.82, 2.24) is 4.98 Å². The van der Waals surface area contributed by atoms with Crippen LogP contribution in [0.2, 0.25) is 10.0 Å². The first-order valence-corrected chi connectivity index (χ1v) is 8.76. The van der Waals surface area contributed by atoms with Crippen LogP contribution < -0.4 is 4.74 Å². The molecule has 0 saturated carbocycles. The second-order valence-corrected chi connectivity index (χ2v) is 7.16. The molecule has 3 nitrogen and oxygen atoms in total. The fraction of sp³-hybridized carbons (Fsp3) is 0.368. The Morgan fingerprint density at radius 1 is 1.21 bits per heavy atom. The average molecular weight is 363 g/mol. The van der Waals surface area contributed by atoms with Crippen molar-refractivity contribution in [2.24, 2.45) is 10.9 Å². The van der Waals surface area contributed by atoms with E-state index in [1.165, 1.54) is 5.56 Å². The molecule has 0 saturated heterocycles. The van der Waals surface area contributed by atoms with Gasteiger partial charge < -0.3 is 4.74 Å². The van der Waals surface area contributed by atoms with E-state index in [2.05, 4.69) is 31.0 Å². The fourth-order valence-corrected chi connectivity index (χ4v) is 3.62. The molecule has 1 aromatic heterocycles. The zero-order chi connectivity index (χ0) is 17.3. The van der Waals surface area contributed by atoms with Gasteiger partial charge in [-0.1, -0.05) is 37.0 Å². The number of halogens is 2. The molecule has 2 heterocycles. The molecule has 0 radical (unpaired) electrons. The maximum absolute atomic E-state index is 6.28. The Balaban J connectivity index is 2.02. The van der Waals surface area contributed by atoms with Crippen LogP contribution in [-0.2, 0) is 6.42 Å². The SMILES string of the molecule is COc1ccc2c(c1)C(C(C)C)CN=C2Cc1c(Cl)cncc1Cl. The predicted octanol–water partition coefficient (Wildman–Crippen LogP) is 5.18. The summed E-state index contributed by atoms with van der Waals surface area (Å²) in [6, 6.07) is 6.20. The van der Waals surface area contributed by atoms with E-state index in [1.807, 2.05) is 6.07 Å². The average Bonchev–Trinajstić information content (AvgIpc) is 2.57. The molecular weight excluding hydrogens is 343 g/mol. The molecule has 2 aromatic rings. The van der Waals surface area contributed by atoms with E-state index in [1.54, 1.807) is 19.5 Å². The normalized spacial score (nSPS) is 16.8. The lowest BCUT2D eigenvalue weighted by molar-refractivity contribution is 0.412. The van der Waals surface area contributed by atoms with Crippen LogP contribution in [0.15, 0.2) is 35.6 Å². The number of ether oxygens (including phenoxy) is 1. The molecule has 0 N–H and O–H groups in total. The van der Waals surface area contributed by atoms with Crippen molar-refractivity contribution in [3.05, 3.63) is 57.3 Å². The fourth-order valence-electron chi connectivity index (χ4n) is 3.12. The van der Waals surface area contributed by atoms with Gasteiger partial charge in [0.1, 0.15) is 5.75 Å². The molecule has 0 bridgehead atoms. The van der Waals surface area contributed by atoms with E-state index in [0.29, 0.717) is 28.3 Å². The third kappa shape index (κ3) is 3.28. The Labute approximate surface area is 152 Å². The zero-order valence-electron chi connectivity index (χ0n) is 14.0. The molecule has 0 fully saturated rings. The largest absolute Gasteiger partial charge is 0.497 e. The number of nitrogens with zero attached hydrogens (tertiary/aromatic N) is 2. The van der Waals surface area contributed by atoms with E-state index in [9.17, 15) is 0 Å². The summed E-state index contributed by atoms with van der Waals surface area (Å²) in [5.41, 5.74) is 4.33. The van der Waals surface area contributed by atoms with Gasteiger partial charge in [0.05, 0.1) is 17.2 Å². The molecule has 24 heavy (non-hydrogen) atoms. The molecule has 126 valence electrons. The third-order valence-corrected chi connectivity index (χ3v) is 5.20. The molecule has 0 aliphatic carbocycles. The molecule has 3 rings (SSSR count). The van der Waals surface area contributed by atoms with Crippen LogP contribution in [0.5, 0.6) is 5.75 Å². The summed E-state index contributed by atoms with van der Waals surface area (Å²) in [6.07, 6.45) is 3.85. The van der Waals surface area contributed by atoms with Gasteiger partial charge in [0, 0.05) is 37.0 Å². The van der Waals surface area contributed by atoms with Gasteiger partial charge >= 0.3 is 0 Å². The van der Waals surface area contributed by atoms with Crippen molar-refractivity contribution in [3.63, 3.8) is 0 Å². The van der Waals surface area contributed by atoms with Gasteiger partial charge in [0.2, 0.25) is 0 Å². The predicted molar refractivity (Wildman–Crippen MR) is 99.9 cm³/mol. The lowest BCUT2D eigenvalue weighted by Crippen LogP contribution is -2.22. The first-order chi connectivity index (χ1) is 11.5. The summed E-state index contributed by atoms with van der Waals surface area (Å²) in [6.45, 7) is 5.23. The van der Waals surface area contributed by atoms with Gasteiger partial charge in [-0.15, -0.1) is 0 Å². The van der Waals surface area contributed by atoms with Gasteiger partial charge in [-0.2, -0.15) is 0 Å². The van der Waals surface area contributed by atoms with Crippen molar-refractivity contribution < 1.29 is 4.74 Å². The van der Waals surface area contributed by atoms with E-state index >= 15 is 0 Å². The molecular formula is C19H20Cl2N2O. The van der Waals surface area contributed by atoms with E-state index in [0.717, 1.165) is 29.1 Å². The maximum atomic E-state index is 6.28. The van der Waals surface area contributed by atoms with Crippen molar-refractivity contribution in [3.8, 4) is 5.75 Å². The minimum atomic E-state index is 0.391. The highest BCUT2D eigenvalue weighted by molar-refractivity contribution is 6.36. The van der Waals surface area contributed by atoms with Gasteiger partial charge in [-0.05, 0) is 40.8 Å². The standard InChI is InChI=1S/C19H20Cl2N2O/c1-11(2)16-8-23-19(7-15-17(20)9-22-10-18(15)21)13-5-4-12(24-3)6-14(13)16/h4-6,9-11,16H,7-8H2,1-3H3. The van der Waals surface area contributed by atoms with Crippen LogP contribution in [0, 0.1) is 5.92 Å². The molecule has 1 atom stereocenters. The molecule has 1 aromatic carbocycles. The second kappa shape index (κ2) is 7.12. The van der Waals surface area contributed by atoms with Gasteiger partial charge in [0.15, 0.2) is 0 Å². The van der Waals surface area contributed by atoms with Crippen molar-refractivity contribution in [1.29, 1.82) is 0 Å². The molecule has 0 spiro atoms. The highest BCUT2D eigenvalue weighted by Gasteiger charge is 2.26. The van der Waals surface area contributed by atoms with Crippen LogP contribution in [0.3, 0.4) is 0 Å². The highest BCUT2D eigenvalue weighted by Crippen LogP contribution is 2.35. The Morgan fingerprint density at radius 3 is 2.54 bits per heavy atom. The number of hydrogen-bond acceptors (Lipinski definition) is 3.